The Hall–Kier alpha value is -2.96. The standard InChI is InChI=1S/C29H35N3O3/c1-4-35-23-11-9-19(10-12-23)27-15-25(24-7-5-6-8-26(24)31-27)28(33)30-22-13-20-16-32(17-21(20)14-22)18-29(2,3)34/h5-12,15,20-22,34H,4,13-14,16-18H2,1-3H3,(H,30,33). The molecule has 2 fully saturated rings. The molecule has 2 atom stereocenters. The second kappa shape index (κ2) is 9.59. The maximum Gasteiger partial charge on any atom is 0.252 e. The summed E-state index contributed by atoms with van der Waals surface area (Å²) in [6.07, 6.45) is 1.99. The van der Waals surface area contributed by atoms with Crippen LogP contribution in [0.1, 0.15) is 44.0 Å². The Morgan fingerprint density at radius 2 is 1.80 bits per heavy atom. The first-order valence-electron chi connectivity index (χ1n) is 12.7. The van der Waals surface area contributed by atoms with E-state index in [0.717, 1.165) is 53.8 Å². The number of carbonyl (C=O) groups excluding carboxylic acids is 1. The summed E-state index contributed by atoms with van der Waals surface area (Å²) in [5.74, 6) is 1.95. The number of ether oxygens (including phenoxy) is 1. The normalized spacial score (nSPS) is 22.3. The summed E-state index contributed by atoms with van der Waals surface area (Å²) >= 11 is 0. The van der Waals surface area contributed by atoms with E-state index in [1.54, 1.807) is 0 Å². The lowest BCUT2D eigenvalue weighted by Crippen LogP contribution is -2.39. The average Bonchev–Trinajstić information content (AvgIpc) is 3.35. The van der Waals surface area contributed by atoms with Crippen LogP contribution in [0.25, 0.3) is 22.2 Å². The smallest absolute Gasteiger partial charge is 0.252 e. The number of β-amino-alcohol motifs (C(OH)–C–C–N with tert-alkyl or cyclic N) is 1. The molecule has 0 bridgehead atoms. The molecule has 1 saturated carbocycles. The number of pyridine rings is 1. The molecule has 2 aliphatic rings. The molecule has 5 rings (SSSR count). The summed E-state index contributed by atoms with van der Waals surface area (Å²) in [6, 6.07) is 17.8. The summed E-state index contributed by atoms with van der Waals surface area (Å²) in [5.41, 5.74) is 2.54. The number of fused-ring (bicyclic) bond motifs is 2. The molecule has 1 saturated heterocycles. The van der Waals surface area contributed by atoms with E-state index in [1.807, 2.05) is 75.4 Å². The summed E-state index contributed by atoms with van der Waals surface area (Å²) in [5, 5.41) is 14.4. The molecule has 6 nitrogen and oxygen atoms in total. The molecule has 3 aromatic rings. The Balaban J connectivity index is 1.33. The molecule has 1 aromatic heterocycles. The number of hydrogen-bond donors (Lipinski definition) is 2. The molecule has 1 aliphatic heterocycles. The predicted octanol–water partition coefficient (Wildman–Crippen LogP) is 4.51. The lowest BCUT2D eigenvalue weighted by atomic mass is 10.0. The van der Waals surface area contributed by atoms with Crippen LogP contribution in [-0.4, -0.2) is 58.8 Å². The number of benzene rings is 2. The fourth-order valence-electron chi connectivity index (χ4n) is 5.85. The van der Waals surface area contributed by atoms with Crippen LogP contribution in [0.4, 0.5) is 0 Å². The maximum atomic E-state index is 13.5. The number of aliphatic hydroxyl groups is 1. The van der Waals surface area contributed by atoms with Gasteiger partial charge in [0, 0.05) is 36.6 Å². The first kappa shape index (κ1) is 23.8. The molecule has 6 heteroatoms. The van der Waals surface area contributed by atoms with E-state index in [2.05, 4.69) is 10.2 Å². The van der Waals surface area contributed by atoms with Crippen molar-refractivity contribution in [3.63, 3.8) is 0 Å². The van der Waals surface area contributed by atoms with Crippen LogP contribution in [0.5, 0.6) is 5.75 Å². The SMILES string of the molecule is CCOc1ccc(-c2cc(C(=O)NC3CC4CN(CC(C)(C)O)CC4C3)c3ccccc3n2)cc1. The van der Waals surface area contributed by atoms with Gasteiger partial charge in [-0.2, -0.15) is 0 Å². The molecular formula is C29H35N3O3. The van der Waals surface area contributed by atoms with Gasteiger partial charge in [0.25, 0.3) is 5.91 Å². The molecule has 2 N–H and O–H groups in total. The predicted molar refractivity (Wildman–Crippen MR) is 139 cm³/mol. The van der Waals surface area contributed by atoms with Crippen LogP contribution >= 0.6 is 0 Å². The monoisotopic (exact) mass is 473 g/mol. The van der Waals surface area contributed by atoms with Crippen LogP contribution in [0, 0.1) is 11.8 Å². The van der Waals surface area contributed by atoms with Crippen LogP contribution in [0.15, 0.2) is 54.6 Å². The quantitative estimate of drug-likeness (QED) is 0.528. The van der Waals surface area contributed by atoms with Gasteiger partial charge in [-0.05, 0) is 81.8 Å². The Bertz CT molecular complexity index is 1190. The molecule has 2 unspecified atom stereocenters. The largest absolute Gasteiger partial charge is 0.494 e. The number of carbonyl (C=O) groups is 1. The van der Waals surface area contributed by atoms with Crippen molar-refractivity contribution in [3.05, 3.63) is 60.2 Å². The molecule has 2 aromatic carbocycles. The van der Waals surface area contributed by atoms with Crippen molar-refractivity contribution >= 4 is 16.8 Å². The first-order valence-corrected chi connectivity index (χ1v) is 12.7. The van der Waals surface area contributed by atoms with E-state index in [1.165, 1.54) is 0 Å². The highest BCUT2D eigenvalue weighted by atomic mass is 16.5. The third kappa shape index (κ3) is 5.34. The molecule has 0 radical (unpaired) electrons. The van der Waals surface area contributed by atoms with Gasteiger partial charge in [-0.1, -0.05) is 18.2 Å². The fourth-order valence-corrected chi connectivity index (χ4v) is 5.85. The van der Waals surface area contributed by atoms with Gasteiger partial charge in [0.2, 0.25) is 0 Å². The van der Waals surface area contributed by atoms with Gasteiger partial charge in [-0.3, -0.25) is 9.69 Å². The molecular weight excluding hydrogens is 438 g/mol. The van der Waals surface area contributed by atoms with Gasteiger partial charge in [0.05, 0.1) is 29.0 Å². The van der Waals surface area contributed by atoms with E-state index in [9.17, 15) is 9.90 Å². The second-order valence-electron chi connectivity index (χ2n) is 10.7. The van der Waals surface area contributed by atoms with Crippen molar-refractivity contribution in [2.45, 2.75) is 45.3 Å². The number of amides is 1. The van der Waals surface area contributed by atoms with Crippen LogP contribution in [0.3, 0.4) is 0 Å². The second-order valence-corrected chi connectivity index (χ2v) is 10.7. The number of para-hydroxylation sites is 1. The average molecular weight is 474 g/mol. The zero-order chi connectivity index (χ0) is 24.6. The minimum atomic E-state index is -0.671. The number of hydrogen-bond acceptors (Lipinski definition) is 5. The Morgan fingerprint density at radius 1 is 1.11 bits per heavy atom. The van der Waals surface area contributed by atoms with Crippen LogP contribution < -0.4 is 10.1 Å². The van der Waals surface area contributed by atoms with Crippen LogP contribution in [-0.2, 0) is 0 Å². The molecule has 1 amide bonds. The number of aromatic nitrogens is 1. The Labute approximate surface area is 207 Å². The summed E-state index contributed by atoms with van der Waals surface area (Å²) in [7, 11) is 0. The van der Waals surface area contributed by atoms with E-state index >= 15 is 0 Å². The third-order valence-corrected chi connectivity index (χ3v) is 7.19. The highest BCUT2D eigenvalue weighted by Crippen LogP contribution is 2.39. The zero-order valence-corrected chi connectivity index (χ0v) is 20.8. The molecule has 2 heterocycles. The molecule has 184 valence electrons. The van der Waals surface area contributed by atoms with E-state index in [0.29, 0.717) is 30.6 Å². The van der Waals surface area contributed by atoms with E-state index in [-0.39, 0.29) is 11.9 Å². The Morgan fingerprint density at radius 3 is 2.46 bits per heavy atom. The Kier molecular flexibility index (Phi) is 6.51. The van der Waals surface area contributed by atoms with Crippen molar-refractivity contribution in [1.82, 2.24) is 15.2 Å². The topological polar surface area (TPSA) is 74.7 Å². The van der Waals surface area contributed by atoms with Gasteiger partial charge >= 0.3 is 0 Å². The summed E-state index contributed by atoms with van der Waals surface area (Å²) < 4.78 is 5.56. The fraction of sp³-hybridized carbons (Fsp3) is 0.448. The molecule has 0 spiro atoms. The lowest BCUT2D eigenvalue weighted by molar-refractivity contribution is 0.0413. The van der Waals surface area contributed by atoms with Gasteiger partial charge in [-0.25, -0.2) is 4.98 Å². The maximum absolute atomic E-state index is 13.5. The third-order valence-electron chi connectivity index (χ3n) is 7.19. The lowest BCUT2D eigenvalue weighted by Gasteiger charge is -2.26. The van der Waals surface area contributed by atoms with Crippen molar-refractivity contribution in [2.75, 3.05) is 26.2 Å². The van der Waals surface area contributed by atoms with Crippen molar-refractivity contribution in [1.29, 1.82) is 0 Å². The van der Waals surface area contributed by atoms with Gasteiger partial charge in [-0.15, -0.1) is 0 Å². The zero-order valence-electron chi connectivity index (χ0n) is 20.8. The summed E-state index contributed by atoms with van der Waals surface area (Å²) in [6.45, 7) is 9.03. The highest BCUT2D eigenvalue weighted by Gasteiger charge is 2.42. The van der Waals surface area contributed by atoms with Crippen LogP contribution in [0.2, 0.25) is 0 Å². The minimum absolute atomic E-state index is 0.0332. The molecule has 1 aliphatic carbocycles. The van der Waals surface area contributed by atoms with Gasteiger partial charge in [0.15, 0.2) is 0 Å². The van der Waals surface area contributed by atoms with Gasteiger partial charge < -0.3 is 15.2 Å². The number of nitrogens with one attached hydrogen (secondary N) is 1. The number of rotatable bonds is 7. The van der Waals surface area contributed by atoms with E-state index in [4.69, 9.17) is 9.72 Å². The van der Waals surface area contributed by atoms with Gasteiger partial charge in [0.1, 0.15) is 5.75 Å². The minimum Gasteiger partial charge on any atom is -0.494 e. The number of nitrogens with zero attached hydrogens (tertiary/aromatic N) is 2. The van der Waals surface area contributed by atoms with Crippen molar-refractivity contribution in [3.8, 4) is 17.0 Å². The number of likely N-dealkylation sites (tertiary alicyclic amines) is 1. The van der Waals surface area contributed by atoms with Crippen molar-refractivity contribution < 1.29 is 14.6 Å². The highest BCUT2D eigenvalue weighted by molar-refractivity contribution is 6.07. The van der Waals surface area contributed by atoms with E-state index < -0.39 is 5.60 Å². The van der Waals surface area contributed by atoms with Crippen molar-refractivity contribution in [2.24, 2.45) is 11.8 Å². The first-order chi connectivity index (χ1) is 16.8. The summed E-state index contributed by atoms with van der Waals surface area (Å²) in [4.78, 5) is 20.7. The molecule has 35 heavy (non-hydrogen) atoms.